The zero-order valence-electron chi connectivity index (χ0n) is 11.1. The second-order valence-electron chi connectivity index (χ2n) is 5.29. The van der Waals surface area contributed by atoms with Gasteiger partial charge in [-0.05, 0) is 43.0 Å². The molecule has 1 aromatic rings. The summed E-state index contributed by atoms with van der Waals surface area (Å²) in [6, 6.07) is 4.72. The molecule has 1 saturated carbocycles. The zero-order valence-corrected chi connectivity index (χ0v) is 11.1. The minimum absolute atomic E-state index is 0.300. The molecule has 0 spiro atoms. The molecular weight excluding hydrogens is 231 g/mol. The van der Waals surface area contributed by atoms with Gasteiger partial charge in [0.1, 0.15) is 11.9 Å². The molecule has 18 heavy (non-hydrogen) atoms. The third-order valence-electron chi connectivity index (χ3n) is 3.98. The van der Waals surface area contributed by atoms with Crippen molar-refractivity contribution in [2.75, 3.05) is 7.11 Å². The third kappa shape index (κ3) is 2.57. The van der Waals surface area contributed by atoms with E-state index in [4.69, 9.17) is 4.74 Å². The highest BCUT2D eigenvalue weighted by Crippen LogP contribution is 2.41. The van der Waals surface area contributed by atoms with Crippen molar-refractivity contribution < 1.29 is 14.2 Å². The Labute approximate surface area is 108 Å². The van der Waals surface area contributed by atoms with Crippen molar-refractivity contribution in [2.24, 2.45) is 0 Å². The van der Waals surface area contributed by atoms with Crippen molar-refractivity contribution in [1.82, 2.24) is 0 Å². The highest BCUT2D eigenvalue weighted by atomic mass is 19.1. The molecule has 1 atom stereocenters. The number of ether oxygens (including phenoxy) is 1. The van der Waals surface area contributed by atoms with Crippen LogP contribution in [0.1, 0.15) is 49.3 Å². The van der Waals surface area contributed by atoms with Crippen molar-refractivity contribution in [3.63, 3.8) is 0 Å². The summed E-state index contributed by atoms with van der Waals surface area (Å²) < 4.78 is 19.0. The van der Waals surface area contributed by atoms with E-state index < -0.39 is 11.7 Å². The number of benzene rings is 1. The maximum atomic E-state index is 13.4. The van der Waals surface area contributed by atoms with Gasteiger partial charge in [-0.3, -0.25) is 0 Å². The smallest absolute Gasteiger partial charge is 0.123 e. The molecule has 3 heteroatoms. The van der Waals surface area contributed by atoms with Crippen LogP contribution in [0.2, 0.25) is 0 Å². The summed E-state index contributed by atoms with van der Waals surface area (Å²) in [6.07, 6.45) is 4.20. The van der Waals surface area contributed by atoms with Crippen LogP contribution >= 0.6 is 0 Å². The van der Waals surface area contributed by atoms with E-state index in [0.717, 1.165) is 31.2 Å². The summed E-state index contributed by atoms with van der Waals surface area (Å²) >= 11 is 0. The SMILES string of the molecule is COC1(C(O)c2cc(C)cc(F)c2)CCCCC1. The quantitative estimate of drug-likeness (QED) is 0.892. The standard InChI is InChI=1S/C15H21FO2/c1-11-8-12(10-13(16)9-11)14(17)15(18-2)6-4-3-5-7-15/h8-10,14,17H,3-7H2,1-2H3. The molecule has 1 aliphatic rings. The van der Waals surface area contributed by atoms with Gasteiger partial charge in [0, 0.05) is 7.11 Å². The number of methoxy groups -OCH3 is 1. The molecule has 0 saturated heterocycles. The molecule has 2 rings (SSSR count). The molecule has 1 unspecified atom stereocenters. The minimum atomic E-state index is -0.753. The van der Waals surface area contributed by atoms with Crippen LogP contribution in [-0.2, 0) is 4.74 Å². The number of aryl methyl sites for hydroxylation is 1. The molecule has 1 fully saturated rings. The van der Waals surface area contributed by atoms with Crippen LogP contribution < -0.4 is 0 Å². The lowest BCUT2D eigenvalue weighted by molar-refractivity contribution is -0.125. The number of aliphatic hydroxyl groups is 1. The van der Waals surface area contributed by atoms with E-state index in [-0.39, 0.29) is 5.82 Å². The number of rotatable bonds is 3. The fourth-order valence-electron chi connectivity index (χ4n) is 2.97. The second kappa shape index (κ2) is 5.37. The summed E-state index contributed by atoms with van der Waals surface area (Å²) in [5, 5.41) is 10.6. The molecule has 0 radical (unpaired) electrons. The van der Waals surface area contributed by atoms with E-state index in [1.807, 2.05) is 13.0 Å². The average Bonchev–Trinajstić information content (AvgIpc) is 2.37. The number of halogens is 1. The van der Waals surface area contributed by atoms with Crippen LogP contribution in [0.15, 0.2) is 18.2 Å². The molecule has 1 aromatic carbocycles. The monoisotopic (exact) mass is 252 g/mol. The lowest BCUT2D eigenvalue weighted by Crippen LogP contribution is -2.40. The number of hydrogen-bond acceptors (Lipinski definition) is 2. The summed E-state index contributed by atoms with van der Waals surface area (Å²) in [5.74, 6) is -0.300. The Balaban J connectivity index is 2.30. The molecule has 0 amide bonds. The Hall–Kier alpha value is -0.930. The first kappa shape index (κ1) is 13.5. The minimum Gasteiger partial charge on any atom is -0.385 e. The van der Waals surface area contributed by atoms with Crippen molar-refractivity contribution in [1.29, 1.82) is 0 Å². The Morgan fingerprint density at radius 3 is 2.44 bits per heavy atom. The molecule has 1 aliphatic carbocycles. The van der Waals surface area contributed by atoms with Crippen LogP contribution in [0.25, 0.3) is 0 Å². The van der Waals surface area contributed by atoms with Gasteiger partial charge in [0.25, 0.3) is 0 Å². The normalized spacial score (nSPS) is 20.7. The van der Waals surface area contributed by atoms with Gasteiger partial charge >= 0.3 is 0 Å². The predicted molar refractivity (Wildman–Crippen MR) is 68.9 cm³/mol. The summed E-state index contributed by atoms with van der Waals surface area (Å²) in [5.41, 5.74) is 0.903. The largest absolute Gasteiger partial charge is 0.385 e. The Bertz CT molecular complexity index is 391. The fourth-order valence-corrected chi connectivity index (χ4v) is 2.97. The summed E-state index contributed by atoms with van der Waals surface area (Å²) in [4.78, 5) is 0. The maximum Gasteiger partial charge on any atom is 0.123 e. The molecular formula is C15H21FO2. The summed E-state index contributed by atoms with van der Waals surface area (Å²) in [6.45, 7) is 1.83. The molecule has 0 aliphatic heterocycles. The number of hydrogen-bond donors (Lipinski definition) is 1. The second-order valence-corrected chi connectivity index (χ2v) is 5.29. The predicted octanol–water partition coefficient (Wildman–Crippen LogP) is 3.52. The maximum absolute atomic E-state index is 13.4. The van der Waals surface area contributed by atoms with E-state index in [2.05, 4.69) is 0 Å². The van der Waals surface area contributed by atoms with Gasteiger partial charge in [-0.1, -0.05) is 25.3 Å². The fraction of sp³-hybridized carbons (Fsp3) is 0.600. The van der Waals surface area contributed by atoms with Crippen LogP contribution in [-0.4, -0.2) is 17.8 Å². The Morgan fingerprint density at radius 2 is 1.89 bits per heavy atom. The Morgan fingerprint density at radius 1 is 1.22 bits per heavy atom. The average molecular weight is 252 g/mol. The van der Waals surface area contributed by atoms with Crippen molar-refractivity contribution >= 4 is 0 Å². The van der Waals surface area contributed by atoms with Gasteiger partial charge < -0.3 is 9.84 Å². The molecule has 1 N–H and O–H groups in total. The highest BCUT2D eigenvalue weighted by Gasteiger charge is 2.40. The molecule has 0 aromatic heterocycles. The first-order valence-corrected chi connectivity index (χ1v) is 6.58. The number of aliphatic hydroxyl groups excluding tert-OH is 1. The summed E-state index contributed by atoms with van der Waals surface area (Å²) in [7, 11) is 1.64. The first-order chi connectivity index (χ1) is 8.57. The lowest BCUT2D eigenvalue weighted by atomic mass is 9.78. The molecule has 0 bridgehead atoms. The van der Waals surface area contributed by atoms with Crippen LogP contribution in [0, 0.1) is 12.7 Å². The van der Waals surface area contributed by atoms with E-state index in [1.54, 1.807) is 7.11 Å². The van der Waals surface area contributed by atoms with Gasteiger partial charge in [-0.15, -0.1) is 0 Å². The lowest BCUT2D eigenvalue weighted by Gasteiger charge is -2.40. The van der Waals surface area contributed by atoms with Crippen LogP contribution in [0.3, 0.4) is 0 Å². The van der Waals surface area contributed by atoms with Gasteiger partial charge in [-0.25, -0.2) is 4.39 Å². The highest BCUT2D eigenvalue weighted by molar-refractivity contribution is 5.27. The van der Waals surface area contributed by atoms with E-state index in [0.29, 0.717) is 5.56 Å². The first-order valence-electron chi connectivity index (χ1n) is 6.58. The molecule has 2 nitrogen and oxygen atoms in total. The molecule has 100 valence electrons. The van der Waals surface area contributed by atoms with Crippen LogP contribution in [0.4, 0.5) is 4.39 Å². The van der Waals surface area contributed by atoms with E-state index >= 15 is 0 Å². The third-order valence-corrected chi connectivity index (χ3v) is 3.98. The van der Waals surface area contributed by atoms with Gasteiger partial charge in [0.05, 0.1) is 5.60 Å². The van der Waals surface area contributed by atoms with E-state index in [1.165, 1.54) is 18.6 Å². The van der Waals surface area contributed by atoms with Crippen molar-refractivity contribution in [3.05, 3.63) is 35.1 Å². The zero-order chi connectivity index (χ0) is 13.2. The van der Waals surface area contributed by atoms with Gasteiger partial charge in [0.2, 0.25) is 0 Å². The van der Waals surface area contributed by atoms with Crippen molar-refractivity contribution in [2.45, 2.75) is 50.7 Å². The molecule has 0 heterocycles. The van der Waals surface area contributed by atoms with E-state index in [9.17, 15) is 9.50 Å². The van der Waals surface area contributed by atoms with Crippen molar-refractivity contribution in [3.8, 4) is 0 Å². The van der Waals surface area contributed by atoms with Crippen LogP contribution in [0.5, 0.6) is 0 Å². The van der Waals surface area contributed by atoms with Gasteiger partial charge in [-0.2, -0.15) is 0 Å². The Kier molecular flexibility index (Phi) is 4.03. The van der Waals surface area contributed by atoms with Gasteiger partial charge in [0.15, 0.2) is 0 Å². The topological polar surface area (TPSA) is 29.5 Å².